The predicted molar refractivity (Wildman–Crippen MR) is 99.9 cm³/mol. The van der Waals surface area contributed by atoms with Crippen LogP contribution in [-0.4, -0.2) is 38.8 Å². The molecule has 0 saturated heterocycles. The van der Waals surface area contributed by atoms with Crippen LogP contribution in [0.15, 0.2) is 41.0 Å². The highest BCUT2D eigenvalue weighted by molar-refractivity contribution is 9.10. The van der Waals surface area contributed by atoms with Crippen molar-refractivity contribution in [3.05, 3.63) is 46.7 Å². The van der Waals surface area contributed by atoms with Crippen molar-refractivity contribution >= 4 is 21.8 Å². The van der Waals surface area contributed by atoms with Crippen molar-refractivity contribution in [3.8, 4) is 28.5 Å². The maximum absolute atomic E-state index is 11.9. The normalized spacial score (nSPS) is 13.2. The molecule has 26 heavy (non-hydrogen) atoms. The van der Waals surface area contributed by atoms with Crippen molar-refractivity contribution in [1.29, 1.82) is 0 Å². The fourth-order valence-corrected chi connectivity index (χ4v) is 3.17. The van der Waals surface area contributed by atoms with E-state index < -0.39 is 0 Å². The molecule has 0 spiro atoms. The fraction of sp³-hybridized carbons (Fsp3) is 0.222. The largest absolute Gasteiger partial charge is 0.493 e. The number of hydrogen-bond donors (Lipinski definition) is 1. The first-order chi connectivity index (χ1) is 12.7. The Bertz CT molecular complexity index is 985. The molecule has 8 heteroatoms. The van der Waals surface area contributed by atoms with Crippen LogP contribution in [0.1, 0.15) is 17.4 Å². The molecule has 0 unspecified atom stereocenters. The summed E-state index contributed by atoms with van der Waals surface area (Å²) < 4.78 is 8.21. The van der Waals surface area contributed by atoms with Gasteiger partial charge in [-0.15, -0.1) is 0 Å². The van der Waals surface area contributed by atoms with Gasteiger partial charge in [0.25, 0.3) is 5.91 Å². The second kappa shape index (κ2) is 6.87. The number of carbonyl (C=O) groups is 1. The van der Waals surface area contributed by atoms with Crippen LogP contribution < -0.4 is 10.1 Å². The van der Waals surface area contributed by atoms with Crippen LogP contribution in [0.2, 0.25) is 0 Å². The maximum atomic E-state index is 11.9. The molecule has 0 atom stereocenters. The van der Waals surface area contributed by atoms with E-state index in [1.54, 1.807) is 23.0 Å². The highest BCUT2D eigenvalue weighted by Gasteiger charge is 2.20. The number of nitrogens with one attached hydrogen (secondary N) is 1. The maximum Gasteiger partial charge on any atom is 0.269 e. The number of aromatic nitrogens is 4. The van der Waals surface area contributed by atoms with Gasteiger partial charge in [0, 0.05) is 18.3 Å². The van der Waals surface area contributed by atoms with Gasteiger partial charge in [0.15, 0.2) is 5.82 Å². The average Bonchev–Trinajstić information content (AvgIpc) is 3.10. The molecule has 0 bridgehead atoms. The molecule has 7 nitrogen and oxygen atoms in total. The lowest BCUT2D eigenvalue weighted by Gasteiger charge is -2.13. The molecule has 3 aromatic rings. The van der Waals surface area contributed by atoms with E-state index in [1.165, 1.54) is 0 Å². The van der Waals surface area contributed by atoms with Gasteiger partial charge in [-0.25, -0.2) is 9.97 Å². The summed E-state index contributed by atoms with van der Waals surface area (Å²) in [6.45, 7) is 3.75. The first-order valence-electron chi connectivity index (χ1n) is 8.28. The molecule has 4 rings (SSSR count). The second-order valence-electron chi connectivity index (χ2n) is 5.74. The molecule has 1 aliphatic heterocycles. The summed E-state index contributed by atoms with van der Waals surface area (Å²) in [4.78, 5) is 20.9. The molecule has 0 saturated carbocycles. The standard InChI is InChI=1S/C18H16BrN5O2/c1-2-26-16-9-11(3-4-12(16)19)17-20-6-5-13(22-17)14-10-15-18(25)21-7-8-24(15)23-14/h3-6,9-10H,2,7-8H2,1H3,(H,21,25). The van der Waals surface area contributed by atoms with E-state index in [4.69, 9.17) is 4.74 Å². The molecule has 1 aromatic carbocycles. The molecule has 3 heterocycles. The number of benzene rings is 1. The molecule has 1 amide bonds. The number of carbonyl (C=O) groups excluding carboxylic acids is 1. The number of ether oxygens (including phenoxy) is 1. The smallest absolute Gasteiger partial charge is 0.269 e. The first-order valence-corrected chi connectivity index (χ1v) is 9.07. The van der Waals surface area contributed by atoms with E-state index in [0.29, 0.717) is 42.6 Å². The zero-order valence-electron chi connectivity index (χ0n) is 14.1. The average molecular weight is 414 g/mol. The lowest BCUT2D eigenvalue weighted by Crippen LogP contribution is -2.35. The molecular formula is C18H16BrN5O2. The van der Waals surface area contributed by atoms with Gasteiger partial charge in [0.1, 0.15) is 17.1 Å². The van der Waals surface area contributed by atoms with Gasteiger partial charge in [-0.2, -0.15) is 5.10 Å². The summed E-state index contributed by atoms with van der Waals surface area (Å²) in [5.41, 5.74) is 2.72. The van der Waals surface area contributed by atoms with Crippen molar-refractivity contribution in [2.45, 2.75) is 13.5 Å². The van der Waals surface area contributed by atoms with Gasteiger partial charge in [-0.05, 0) is 53.2 Å². The summed E-state index contributed by atoms with van der Waals surface area (Å²) in [6, 6.07) is 9.29. The zero-order valence-corrected chi connectivity index (χ0v) is 15.7. The van der Waals surface area contributed by atoms with E-state index >= 15 is 0 Å². The van der Waals surface area contributed by atoms with E-state index in [1.807, 2.05) is 25.1 Å². The molecule has 2 aromatic heterocycles. The molecule has 1 N–H and O–H groups in total. The van der Waals surface area contributed by atoms with Crippen LogP contribution in [0, 0.1) is 0 Å². The number of amides is 1. The second-order valence-corrected chi connectivity index (χ2v) is 6.59. The Kier molecular flexibility index (Phi) is 4.42. The van der Waals surface area contributed by atoms with Gasteiger partial charge in [0.05, 0.1) is 23.3 Å². The molecule has 132 valence electrons. The Balaban J connectivity index is 1.72. The summed E-state index contributed by atoms with van der Waals surface area (Å²) in [5.74, 6) is 1.21. The monoisotopic (exact) mass is 413 g/mol. The van der Waals surface area contributed by atoms with Crippen LogP contribution in [-0.2, 0) is 6.54 Å². The first kappa shape index (κ1) is 16.7. The number of rotatable bonds is 4. The number of fused-ring (bicyclic) bond motifs is 1. The Labute approximate surface area is 158 Å². The zero-order chi connectivity index (χ0) is 18.1. The molecular weight excluding hydrogens is 398 g/mol. The van der Waals surface area contributed by atoms with Crippen LogP contribution in [0.4, 0.5) is 0 Å². The molecule has 0 radical (unpaired) electrons. The van der Waals surface area contributed by atoms with E-state index in [0.717, 1.165) is 15.8 Å². The van der Waals surface area contributed by atoms with E-state index in [2.05, 4.69) is 36.3 Å². The Hall–Kier alpha value is -2.74. The Morgan fingerprint density at radius 3 is 2.96 bits per heavy atom. The van der Waals surface area contributed by atoms with Gasteiger partial charge >= 0.3 is 0 Å². The highest BCUT2D eigenvalue weighted by Crippen LogP contribution is 2.30. The third-order valence-electron chi connectivity index (χ3n) is 4.03. The van der Waals surface area contributed by atoms with Gasteiger partial charge in [-0.3, -0.25) is 9.48 Å². The van der Waals surface area contributed by atoms with Crippen LogP contribution >= 0.6 is 15.9 Å². The minimum atomic E-state index is -0.112. The summed E-state index contributed by atoms with van der Waals surface area (Å²) in [6.07, 6.45) is 1.69. The third-order valence-corrected chi connectivity index (χ3v) is 4.68. The number of nitrogens with zero attached hydrogens (tertiary/aromatic N) is 4. The third kappa shape index (κ3) is 3.08. The van der Waals surface area contributed by atoms with Crippen LogP contribution in [0.5, 0.6) is 5.75 Å². The molecule has 0 aliphatic carbocycles. The SMILES string of the molecule is CCOc1cc(-c2nccc(-c3cc4n(n3)CCNC4=O)n2)ccc1Br. The van der Waals surface area contributed by atoms with Crippen molar-refractivity contribution in [1.82, 2.24) is 25.1 Å². The quantitative estimate of drug-likeness (QED) is 0.710. The van der Waals surface area contributed by atoms with Crippen molar-refractivity contribution in [3.63, 3.8) is 0 Å². The summed E-state index contributed by atoms with van der Waals surface area (Å²) in [5, 5.41) is 7.31. The summed E-state index contributed by atoms with van der Waals surface area (Å²) in [7, 11) is 0. The van der Waals surface area contributed by atoms with E-state index in [-0.39, 0.29) is 5.91 Å². The van der Waals surface area contributed by atoms with Crippen LogP contribution in [0.3, 0.4) is 0 Å². The van der Waals surface area contributed by atoms with E-state index in [9.17, 15) is 4.79 Å². The van der Waals surface area contributed by atoms with Gasteiger partial charge in [0.2, 0.25) is 0 Å². The lowest BCUT2D eigenvalue weighted by molar-refractivity contribution is 0.0924. The topological polar surface area (TPSA) is 81.9 Å². The van der Waals surface area contributed by atoms with Crippen molar-refractivity contribution in [2.24, 2.45) is 0 Å². The molecule has 1 aliphatic rings. The Morgan fingerprint density at radius 2 is 2.15 bits per heavy atom. The van der Waals surface area contributed by atoms with Crippen molar-refractivity contribution < 1.29 is 9.53 Å². The summed E-state index contributed by atoms with van der Waals surface area (Å²) >= 11 is 3.48. The minimum Gasteiger partial charge on any atom is -0.493 e. The Morgan fingerprint density at radius 1 is 1.27 bits per heavy atom. The van der Waals surface area contributed by atoms with Gasteiger partial charge in [-0.1, -0.05) is 0 Å². The minimum absolute atomic E-state index is 0.112. The van der Waals surface area contributed by atoms with Crippen molar-refractivity contribution in [2.75, 3.05) is 13.2 Å². The number of hydrogen-bond acceptors (Lipinski definition) is 5. The highest BCUT2D eigenvalue weighted by atomic mass is 79.9. The fourth-order valence-electron chi connectivity index (χ4n) is 2.81. The lowest BCUT2D eigenvalue weighted by atomic mass is 10.2. The van der Waals surface area contributed by atoms with Gasteiger partial charge < -0.3 is 10.1 Å². The number of halogens is 1. The predicted octanol–water partition coefficient (Wildman–Crippen LogP) is 2.91. The molecule has 0 fully saturated rings. The van der Waals surface area contributed by atoms with Crippen LogP contribution in [0.25, 0.3) is 22.8 Å².